The Labute approximate surface area is 139 Å². The van der Waals surface area contributed by atoms with Crippen LogP contribution in [0.4, 0.5) is 5.69 Å². The topological polar surface area (TPSA) is 85.0 Å². The minimum atomic E-state index is -1.36. The second-order valence-corrected chi connectivity index (χ2v) is 5.91. The fraction of sp³-hybridized carbons (Fsp3) is 0.158. The highest BCUT2D eigenvalue weighted by Crippen LogP contribution is 2.28. The molecule has 0 aliphatic heterocycles. The summed E-state index contributed by atoms with van der Waals surface area (Å²) in [6.07, 6.45) is 0. The summed E-state index contributed by atoms with van der Waals surface area (Å²) in [7, 11) is 0. The van der Waals surface area contributed by atoms with Crippen LogP contribution >= 0.6 is 0 Å². The minimum Gasteiger partial charge on any atom is -0.543 e. The zero-order valence-electron chi connectivity index (χ0n) is 13.7. The van der Waals surface area contributed by atoms with Crippen LogP contribution in [0.25, 0.3) is 10.9 Å². The monoisotopic (exact) mass is 321 g/mol. The third kappa shape index (κ3) is 2.65. The van der Waals surface area contributed by atoms with Crippen molar-refractivity contribution >= 4 is 28.5 Å². The molecule has 0 saturated carbocycles. The number of nitrogens with one attached hydrogen (secondary N) is 2. The van der Waals surface area contributed by atoms with E-state index in [1.54, 1.807) is 24.3 Å². The van der Waals surface area contributed by atoms with E-state index in [2.05, 4.69) is 10.3 Å². The molecular formula is C19H17N2O3-. The molecule has 0 spiro atoms. The van der Waals surface area contributed by atoms with Gasteiger partial charge in [-0.3, -0.25) is 4.79 Å². The molecule has 0 fully saturated rings. The van der Waals surface area contributed by atoms with Crippen LogP contribution in [0.3, 0.4) is 0 Å². The number of aryl methyl sites for hydroxylation is 3. The van der Waals surface area contributed by atoms with Gasteiger partial charge in [-0.15, -0.1) is 0 Å². The van der Waals surface area contributed by atoms with Gasteiger partial charge in [-0.1, -0.05) is 24.3 Å². The highest BCUT2D eigenvalue weighted by atomic mass is 16.4. The van der Waals surface area contributed by atoms with Crippen LogP contribution in [0.5, 0.6) is 0 Å². The number of benzene rings is 2. The third-order valence-electron chi connectivity index (χ3n) is 4.23. The normalized spacial score (nSPS) is 10.8. The van der Waals surface area contributed by atoms with E-state index >= 15 is 0 Å². The smallest absolute Gasteiger partial charge is 0.256 e. The van der Waals surface area contributed by atoms with Gasteiger partial charge in [0, 0.05) is 16.5 Å². The van der Waals surface area contributed by atoms with E-state index in [0.717, 1.165) is 16.7 Å². The van der Waals surface area contributed by atoms with Crippen molar-refractivity contribution in [3.05, 3.63) is 64.3 Å². The van der Waals surface area contributed by atoms with E-state index in [1.165, 1.54) is 0 Å². The number of amides is 1. The second-order valence-electron chi connectivity index (χ2n) is 5.91. The molecule has 0 atom stereocenters. The summed E-state index contributed by atoms with van der Waals surface area (Å²) in [6.45, 7) is 5.78. The van der Waals surface area contributed by atoms with Crippen LogP contribution in [0.1, 0.15) is 37.5 Å². The van der Waals surface area contributed by atoms with Crippen molar-refractivity contribution in [3.8, 4) is 0 Å². The molecular weight excluding hydrogens is 304 g/mol. The number of anilines is 1. The first-order chi connectivity index (χ1) is 11.4. The Morgan fingerprint density at radius 1 is 1.00 bits per heavy atom. The first-order valence-corrected chi connectivity index (χ1v) is 7.59. The van der Waals surface area contributed by atoms with Crippen molar-refractivity contribution in [2.75, 3.05) is 5.32 Å². The van der Waals surface area contributed by atoms with E-state index < -0.39 is 5.97 Å². The lowest BCUT2D eigenvalue weighted by Crippen LogP contribution is -2.25. The van der Waals surface area contributed by atoms with Gasteiger partial charge in [0.05, 0.1) is 17.4 Å². The van der Waals surface area contributed by atoms with Crippen molar-refractivity contribution in [2.45, 2.75) is 20.8 Å². The van der Waals surface area contributed by atoms with Crippen LogP contribution in [-0.4, -0.2) is 16.9 Å². The number of H-pyrrole nitrogens is 1. The van der Waals surface area contributed by atoms with Gasteiger partial charge in [0.15, 0.2) is 0 Å². The molecule has 2 aromatic carbocycles. The first-order valence-electron chi connectivity index (χ1n) is 7.59. The number of carboxylic acid groups (broad SMARTS) is 1. The largest absolute Gasteiger partial charge is 0.543 e. The fourth-order valence-electron chi connectivity index (χ4n) is 2.81. The highest BCUT2D eigenvalue weighted by molar-refractivity contribution is 6.14. The van der Waals surface area contributed by atoms with Crippen LogP contribution in [-0.2, 0) is 0 Å². The molecule has 5 heteroatoms. The van der Waals surface area contributed by atoms with Crippen LogP contribution in [0, 0.1) is 20.8 Å². The molecule has 24 heavy (non-hydrogen) atoms. The number of aromatic amines is 1. The van der Waals surface area contributed by atoms with Gasteiger partial charge >= 0.3 is 0 Å². The Morgan fingerprint density at radius 2 is 1.67 bits per heavy atom. The number of carboxylic acids is 1. The second kappa shape index (κ2) is 5.85. The first kappa shape index (κ1) is 15.8. The quantitative estimate of drug-likeness (QED) is 0.778. The van der Waals surface area contributed by atoms with Gasteiger partial charge in [0.2, 0.25) is 0 Å². The van der Waals surface area contributed by atoms with Crippen molar-refractivity contribution in [3.63, 3.8) is 0 Å². The number of fused-ring (bicyclic) bond motifs is 1. The molecule has 5 nitrogen and oxygen atoms in total. The summed E-state index contributed by atoms with van der Waals surface area (Å²) >= 11 is 0. The maximum atomic E-state index is 12.7. The Balaban J connectivity index is 2.07. The summed E-state index contributed by atoms with van der Waals surface area (Å²) in [6, 6.07) is 10.8. The highest BCUT2D eigenvalue weighted by Gasteiger charge is 2.17. The molecule has 1 heterocycles. The Hall–Kier alpha value is -3.08. The van der Waals surface area contributed by atoms with Crippen LogP contribution in [0.15, 0.2) is 36.4 Å². The molecule has 0 radical (unpaired) electrons. The maximum absolute atomic E-state index is 12.7. The number of hydrogen-bond acceptors (Lipinski definition) is 3. The van der Waals surface area contributed by atoms with Gasteiger partial charge in [-0.25, -0.2) is 0 Å². The van der Waals surface area contributed by atoms with Crippen molar-refractivity contribution in [1.82, 2.24) is 4.98 Å². The molecule has 0 unspecified atom stereocenters. The van der Waals surface area contributed by atoms with Gasteiger partial charge in [0.1, 0.15) is 0 Å². The average molecular weight is 321 g/mol. The molecule has 2 N–H and O–H groups in total. The molecule has 1 amide bonds. The van der Waals surface area contributed by atoms with Crippen molar-refractivity contribution in [1.29, 1.82) is 0 Å². The number of hydrogen-bond donors (Lipinski definition) is 2. The zero-order chi connectivity index (χ0) is 17.4. The third-order valence-corrected chi connectivity index (χ3v) is 4.23. The SMILES string of the molecule is Cc1cc(C)c(C(=O)Nc2c(C(=O)[O-])[nH]c3ccccc23)cc1C. The van der Waals surface area contributed by atoms with Crippen LogP contribution in [0.2, 0.25) is 0 Å². The fourth-order valence-corrected chi connectivity index (χ4v) is 2.81. The molecule has 0 aliphatic carbocycles. The summed E-state index contributed by atoms with van der Waals surface area (Å²) in [4.78, 5) is 26.8. The standard InChI is InChI=1S/C19H18N2O3/c1-10-8-12(3)14(9-11(10)2)18(22)21-16-13-6-4-5-7-15(13)20-17(16)19(23)24/h4-9,20H,1-3H3,(H,21,22)(H,23,24)/p-1. The van der Waals surface area contributed by atoms with E-state index in [-0.39, 0.29) is 17.3 Å². The number of aromatic nitrogens is 1. The molecule has 3 aromatic rings. The number of para-hydroxylation sites is 1. The molecule has 0 aliphatic rings. The van der Waals surface area contributed by atoms with Gasteiger partial charge in [0.25, 0.3) is 5.91 Å². The molecule has 1 aromatic heterocycles. The minimum absolute atomic E-state index is 0.133. The number of carbonyl (C=O) groups is 2. The average Bonchev–Trinajstić information content (AvgIpc) is 2.90. The van der Waals surface area contributed by atoms with E-state index in [1.807, 2.05) is 32.9 Å². The molecule has 0 bridgehead atoms. The van der Waals surface area contributed by atoms with Gasteiger partial charge in [-0.05, 0) is 49.6 Å². The maximum Gasteiger partial charge on any atom is 0.256 e. The lowest BCUT2D eigenvalue weighted by molar-refractivity contribution is -0.255. The predicted molar refractivity (Wildman–Crippen MR) is 91.2 cm³/mol. The Morgan fingerprint density at radius 3 is 2.38 bits per heavy atom. The van der Waals surface area contributed by atoms with Crippen molar-refractivity contribution in [2.24, 2.45) is 0 Å². The molecule has 122 valence electrons. The van der Waals surface area contributed by atoms with E-state index in [9.17, 15) is 14.7 Å². The Bertz CT molecular complexity index is 970. The van der Waals surface area contributed by atoms with Gasteiger partial charge in [-0.2, -0.15) is 0 Å². The zero-order valence-corrected chi connectivity index (χ0v) is 13.7. The molecule has 3 rings (SSSR count). The summed E-state index contributed by atoms with van der Waals surface area (Å²) in [5.74, 6) is -1.71. The lowest BCUT2D eigenvalue weighted by Gasteiger charge is -2.12. The molecule has 0 saturated heterocycles. The van der Waals surface area contributed by atoms with E-state index in [0.29, 0.717) is 16.5 Å². The van der Waals surface area contributed by atoms with Gasteiger partial charge < -0.3 is 20.2 Å². The van der Waals surface area contributed by atoms with Crippen molar-refractivity contribution < 1.29 is 14.7 Å². The summed E-state index contributed by atoms with van der Waals surface area (Å²) in [5.41, 5.74) is 4.19. The number of rotatable bonds is 3. The van der Waals surface area contributed by atoms with E-state index in [4.69, 9.17) is 0 Å². The summed E-state index contributed by atoms with van der Waals surface area (Å²) < 4.78 is 0. The lowest BCUT2D eigenvalue weighted by atomic mass is 10.0. The van der Waals surface area contributed by atoms with Crippen LogP contribution < -0.4 is 10.4 Å². The predicted octanol–water partition coefficient (Wildman–Crippen LogP) is 2.71. The summed E-state index contributed by atoms with van der Waals surface area (Å²) in [5, 5.41) is 14.7. The Kier molecular flexibility index (Phi) is 3.85. The number of carbonyl (C=O) groups excluding carboxylic acids is 2. The number of aromatic carboxylic acids is 1.